The number of benzene rings is 2. The first kappa shape index (κ1) is 12.5. The predicted octanol–water partition coefficient (Wildman–Crippen LogP) is 3.62. The highest BCUT2D eigenvalue weighted by Crippen LogP contribution is 2.47. The normalized spacial score (nSPS) is 19.1. The van der Waals surface area contributed by atoms with Gasteiger partial charge in [0.25, 0.3) is 0 Å². The van der Waals surface area contributed by atoms with Crippen LogP contribution in [-0.4, -0.2) is 15.1 Å². The molecule has 2 aromatic carbocycles. The Morgan fingerprint density at radius 1 is 0.905 bits per heavy atom. The van der Waals surface area contributed by atoms with Gasteiger partial charge >= 0.3 is 0 Å². The van der Waals surface area contributed by atoms with Gasteiger partial charge in [-0.15, -0.1) is 0 Å². The SMILES string of the molecule is CC1(C)c2ccccc2-c2nc3ccccc3nc2[C@H]1O. The summed E-state index contributed by atoms with van der Waals surface area (Å²) in [6.07, 6.45) is -0.653. The van der Waals surface area contributed by atoms with Gasteiger partial charge in [-0.2, -0.15) is 0 Å². The molecule has 1 aliphatic rings. The van der Waals surface area contributed by atoms with E-state index in [-0.39, 0.29) is 5.41 Å². The van der Waals surface area contributed by atoms with Gasteiger partial charge in [0.1, 0.15) is 6.10 Å². The second kappa shape index (κ2) is 4.12. The highest BCUT2D eigenvalue weighted by atomic mass is 16.3. The minimum atomic E-state index is -0.653. The maximum atomic E-state index is 10.8. The first-order chi connectivity index (χ1) is 10.1. The average Bonchev–Trinajstić information content (AvgIpc) is 2.52. The van der Waals surface area contributed by atoms with Crippen LogP contribution in [0.15, 0.2) is 48.5 Å². The minimum absolute atomic E-state index is 0.374. The van der Waals surface area contributed by atoms with Crippen LogP contribution in [0.2, 0.25) is 0 Å². The van der Waals surface area contributed by atoms with Gasteiger partial charge in [-0.05, 0) is 17.7 Å². The summed E-state index contributed by atoms with van der Waals surface area (Å²) >= 11 is 0. The van der Waals surface area contributed by atoms with E-state index in [9.17, 15) is 5.11 Å². The van der Waals surface area contributed by atoms with Gasteiger partial charge in [0.15, 0.2) is 0 Å². The number of fused-ring (bicyclic) bond motifs is 4. The lowest BCUT2D eigenvalue weighted by Gasteiger charge is -2.37. The average molecular weight is 276 g/mol. The van der Waals surface area contributed by atoms with Gasteiger partial charge in [0.05, 0.1) is 22.4 Å². The van der Waals surface area contributed by atoms with E-state index >= 15 is 0 Å². The molecule has 1 N–H and O–H groups in total. The van der Waals surface area contributed by atoms with Crippen molar-refractivity contribution in [1.29, 1.82) is 0 Å². The summed E-state index contributed by atoms with van der Waals surface area (Å²) in [5, 5.41) is 10.8. The van der Waals surface area contributed by atoms with E-state index in [1.807, 2.05) is 36.4 Å². The molecule has 0 spiro atoms. The quantitative estimate of drug-likeness (QED) is 0.682. The van der Waals surface area contributed by atoms with Crippen molar-refractivity contribution in [3.63, 3.8) is 0 Å². The van der Waals surface area contributed by atoms with Crippen molar-refractivity contribution in [3.8, 4) is 11.3 Å². The first-order valence-corrected chi connectivity index (χ1v) is 7.13. The standard InChI is InChI=1S/C18H16N2O/c1-18(2)12-8-4-3-7-11(12)15-16(17(18)21)20-14-10-6-5-9-13(14)19-15/h3-10,17,21H,1-2H3/t17-/m1/s1. The smallest absolute Gasteiger partial charge is 0.107 e. The Morgan fingerprint density at radius 3 is 2.29 bits per heavy atom. The molecule has 4 rings (SSSR count). The Balaban J connectivity index is 2.12. The van der Waals surface area contributed by atoms with Crippen molar-refractivity contribution in [2.45, 2.75) is 25.4 Å². The molecule has 1 aliphatic carbocycles. The van der Waals surface area contributed by atoms with E-state index in [4.69, 9.17) is 4.98 Å². The van der Waals surface area contributed by atoms with Crippen LogP contribution in [-0.2, 0) is 5.41 Å². The van der Waals surface area contributed by atoms with Gasteiger partial charge < -0.3 is 5.11 Å². The summed E-state index contributed by atoms with van der Waals surface area (Å²) in [6, 6.07) is 15.9. The Labute approximate surface area is 123 Å². The molecule has 0 fully saturated rings. The van der Waals surface area contributed by atoms with Gasteiger partial charge in [-0.3, -0.25) is 0 Å². The molecule has 0 saturated heterocycles. The largest absolute Gasteiger partial charge is 0.386 e. The number of hydrogen-bond donors (Lipinski definition) is 1. The second-order valence-corrected chi connectivity index (χ2v) is 6.12. The van der Waals surface area contributed by atoms with Crippen LogP contribution in [0.4, 0.5) is 0 Å². The fourth-order valence-electron chi connectivity index (χ4n) is 3.14. The number of aliphatic hydroxyl groups excluding tert-OH is 1. The van der Waals surface area contributed by atoms with Gasteiger partial charge in [-0.25, -0.2) is 9.97 Å². The third-order valence-corrected chi connectivity index (χ3v) is 4.42. The molecule has 3 nitrogen and oxygen atoms in total. The molecule has 104 valence electrons. The van der Waals surface area contributed by atoms with E-state index in [1.165, 1.54) is 0 Å². The highest BCUT2D eigenvalue weighted by molar-refractivity contribution is 5.81. The lowest BCUT2D eigenvalue weighted by atomic mass is 9.71. The molecular formula is C18H16N2O. The highest BCUT2D eigenvalue weighted by Gasteiger charge is 2.40. The monoisotopic (exact) mass is 276 g/mol. The number of hydrogen-bond acceptors (Lipinski definition) is 3. The zero-order valence-electron chi connectivity index (χ0n) is 12.0. The Kier molecular flexibility index (Phi) is 2.45. The summed E-state index contributed by atoms with van der Waals surface area (Å²) in [6.45, 7) is 4.10. The van der Waals surface area contributed by atoms with Crippen LogP contribution in [0.5, 0.6) is 0 Å². The van der Waals surface area contributed by atoms with Crippen molar-refractivity contribution in [2.75, 3.05) is 0 Å². The van der Waals surface area contributed by atoms with Gasteiger partial charge in [0, 0.05) is 11.0 Å². The fourth-order valence-corrected chi connectivity index (χ4v) is 3.14. The van der Waals surface area contributed by atoms with Crippen molar-refractivity contribution in [1.82, 2.24) is 9.97 Å². The number of nitrogens with zero attached hydrogens (tertiary/aromatic N) is 2. The number of para-hydroxylation sites is 2. The van der Waals surface area contributed by atoms with Crippen molar-refractivity contribution < 1.29 is 5.11 Å². The molecule has 1 atom stereocenters. The summed E-state index contributed by atoms with van der Waals surface area (Å²) in [5.41, 5.74) is 4.98. The van der Waals surface area contributed by atoms with Crippen LogP contribution in [0.3, 0.4) is 0 Å². The van der Waals surface area contributed by atoms with Crippen LogP contribution < -0.4 is 0 Å². The van der Waals surface area contributed by atoms with Crippen molar-refractivity contribution in [3.05, 3.63) is 59.8 Å². The van der Waals surface area contributed by atoms with Gasteiger partial charge in [-0.1, -0.05) is 50.2 Å². The lowest BCUT2D eigenvalue weighted by Crippen LogP contribution is -2.32. The number of aromatic nitrogens is 2. The van der Waals surface area contributed by atoms with E-state index in [0.29, 0.717) is 5.69 Å². The van der Waals surface area contributed by atoms with Crippen LogP contribution in [0.1, 0.15) is 31.2 Å². The zero-order valence-corrected chi connectivity index (χ0v) is 12.0. The summed E-state index contributed by atoms with van der Waals surface area (Å²) in [5.74, 6) is 0. The Morgan fingerprint density at radius 2 is 1.52 bits per heavy atom. The van der Waals surface area contributed by atoms with Crippen molar-refractivity contribution in [2.24, 2.45) is 0 Å². The lowest BCUT2D eigenvalue weighted by molar-refractivity contribution is 0.0943. The van der Waals surface area contributed by atoms with Crippen LogP contribution >= 0.6 is 0 Å². The summed E-state index contributed by atoms with van der Waals surface area (Å²) in [4.78, 5) is 9.43. The van der Waals surface area contributed by atoms with E-state index in [0.717, 1.165) is 27.9 Å². The topological polar surface area (TPSA) is 46.0 Å². The zero-order chi connectivity index (χ0) is 14.6. The van der Waals surface area contributed by atoms with Crippen LogP contribution in [0.25, 0.3) is 22.3 Å². The molecule has 0 unspecified atom stereocenters. The Hall–Kier alpha value is -2.26. The molecule has 0 aliphatic heterocycles. The third-order valence-electron chi connectivity index (χ3n) is 4.42. The van der Waals surface area contributed by atoms with E-state index in [1.54, 1.807) is 0 Å². The second-order valence-electron chi connectivity index (χ2n) is 6.12. The van der Waals surface area contributed by atoms with Crippen LogP contribution in [0, 0.1) is 0 Å². The molecular weight excluding hydrogens is 260 g/mol. The summed E-state index contributed by atoms with van der Waals surface area (Å²) < 4.78 is 0. The molecule has 0 radical (unpaired) electrons. The maximum absolute atomic E-state index is 10.8. The molecule has 3 heteroatoms. The molecule has 3 aromatic rings. The molecule has 0 amide bonds. The Bertz CT molecular complexity index is 855. The molecule has 21 heavy (non-hydrogen) atoms. The third kappa shape index (κ3) is 1.64. The summed E-state index contributed by atoms with van der Waals surface area (Å²) in [7, 11) is 0. The van der Waals surface area contributed by atoms with E-state index < -0.39 is 6.10 Å². The van der Waals surface area contributed by atoms with Crippen molar-refractivity contribution >= 4 is 11.0 Å². The fraction of sp³-hybridized carbons (Fsp3) is 0.222. The number of rotatable bonds is 0. The first-order valence-electron chi connectivity index (χ1n) is 7.13. The molecule has 1 aromatic heterocycles. The molecule has 0 saturated carbocycles. The number of aliphatic hydroxyl groups is 1. The van der Waals surface area contributed by atoms with Gasteiger partial charge in [0.2, 0.25) is 0 Å². The van der Waals surface area contributed by atoms with E-state index in [2.05, 4.69) is 31.0 Å². The molecule has 1 heterocycles. The minimum Gasteiger partial charge on any atom is -0.386 e. The maximum Gasteiger partial charge on any atom is 0.107 e. The predicted molar refractivity (Wildman–Crippen MR) is 83.0 cm³/mol. The molecule has 0 bridgehead atoms.